The Kier molecular flexibility index (Phi) is 5.33. The van der Waals surface area contributed by atoms with Gasteiger partial charge in [-0.15, -0.1) is 12.4 Å². The zero-order valence-electron chi connectivity index (χ0n) is 8.26. The molecule has 13 heavy (non-hydrogen) atoms. The number of rotatable bonds is 2. The molecule has 0 bridgehead atoms. The van der Waals surface area contributed by atoms with Crippen LogP contribution in [0.15, 0.2) is 0 Å². The van der Waals surface area contributed by atoms with Gasteiger partial charge < -0.3 is 10.1 Å². The van der Waals surface area contributed by atoms with E-state index >= 15 is 0 Å². The number of nitrogens with one attached hydrogen (secondary N) is 1. The van der Waals surface area contributed by atoms with Crippen molar-refractivity contribution >= 4 is 18.4 Å². The highest BCUT2D eigenvalue weighted by atomic mass is 35.5. The van der Waals surface area contributed by atoms with Gasteiger partial charge in [-0.1, -0.05) is 0 Å². The largest absolute Gasteiger partial charge is 0.466 e. The van der Waals surface area contributed by atoms with E-state index in [0.29, 0.717) is 6.61 Å². The topological polar surface area (TPSA) is 38.3 Å². The van der Waals surface area contributed by atoms with Gasteiger partial charge >= 0.3 is 5.97 Å². The standard InChI is InChI=1S/C9H17NO2.ClH/c1-3-12-8(11)9(2)4-6-10-7-5-9;/h10H,3-7H2,1-2H3;1H. The molecule has 0 aromatic rings. The second-order valence-corrected chi connectivity index (χ2v) is 3.53. The summed E-state index contributed by atoms with van der Waals surface area (Å²) in [4.78, 5) is 11.5. The maximum Gasteiger partial charge on any atom is 0.311 e. The minimum Gasteiger partial charge on any atom is -0.466 e. The van der Waals surface area contributed by atoms with Gasteiger partial charge in [0.1, 0.15) is 0 Å². The van der Waals surface area contributed by atoms with Crippen LogP contribution in [0, 0.1) is 5.41 Å². The van der Waals surface area contributed by atoms with Crippen molar-refractivity contribution in [3.8, 4) is 0 Å². The summed E-state index contributed by atoms with van der Waals surface area (Å²) in [5.41, 5.74) is -0.235. The summed E-state index contributed by atoms with van der Waals surface area (Å²) in [7, 11) is 0. The van der Waals surface area contributed by atoms with Crippen molar-refractivity contribution in [3.05, 3.63) is 0 Å². The Bertz CT molecular complexity index is 167. The molecule has 0 unspecified atom stereocenters. The fourth-order valence-corrected chi connectivity index (χ4v) is 1.49. The molecule has 78 valence electrons. The minimum absolute atomic E-state index is 0. The summed E-state index contributed by atoms with van der Waals surface area (Å²) in [6.45, 7) is 6.18. The number of piperidine rings is 1. The quantitative estimate of drug-likeness (QED) is 0.695. The number of carbonyl (C=O) groups is 1. The van der Waals surface area contributed by atoms with Gasteiger partial charge in [-0.05, 0) is 39.8 Å². The SMILES string of the molecule is CCOC(=O)C1(C)CCNCC1.Cl. The molecule has 0 radical (unpaired) electrons. The van der Waals surface area contributed by atoms with E-state index in [1.807, 2.05) is 13.8 Å². The molecule has 4 heteroatoms. The van der Waals surface area contributed by atoms with E-state index in [-0.39, 0.29) is 23.8 Å². The lowest BCUT2D eigenvalue weighted by Gasteiger charge is -2.31. The number of hydrogen-bond donors (Lipinski definition) is 1. The molecular weight excluding hydrogens is 190 g/mol. The molecule has 1 rings (SSSR count). The molecule has 1 fully saturated rings. The molecule has 0 aromatic heterocycles. The van der Waals surface area contributed by atoms with E-state index in [2.05, 4.69) is 5.32 Å². The summed E-state index contributed by atoms with van der Waals surface area (Å²) in [6.07, 6.45) is 1.79. The van der Waals surface area contributed by atoms with E-state index in [9.17, 15) is 4.79 Å². The van der Waals surface area contributed by atoms with Crippen molar-refractivity contribution in [2.75, 3.05) is 19.7 Å². The first-order valence-corrected chi connectivity index (χ1v) is 4.57. The summed E-state index contributed by atoms with van der Waals surface area (Å²) >= 11 is 0. The normalized spacial score (nSPS) is 20.2. The van der Waals surface area contributed by atoms with Crippen molar-refractivity contribution in [2.45, 2.75) is 26.7 Å². The average molecular weight is 208 g/mol. The fourth-order valence-electron chi connectivity index (χ4n) is 1.49. The average Bonchev–Trinajstić information content (AvgIpc) is 2.06. The third kappa shape index (κ3) is 3.16. The third-order valence-electron chi connectivity index (χ3n) is 2.48. The molecule has 0 spiro atoms. The van der Waals surface area contributed by atoms with E-state index in [1.165, 1.54) is 0 Å². The lowest BCUT2D eigenvalue weighted by Crippen LogP contribution is -2.40. The Labute approximate surface area is 85.6 Å². The lowest BCUT2D eigenvalue weighted by atomic mass is 9.81. The first kappa shape index (κ1) is 12.7. The van der Waals surface area contributed by atoms with Crippen LogP contribution in [0.2, 0.25) is 0 Å². The smallest absolute Gasteiger partial charge is 0.311 e. The fraction of sp³-hybridized carbons (Fsp3) is 0.889. The second kappa shape index (κ2) is 5.45. The molecule has 1 saturated heterocycles. The molecule has 1 aliphatic rings. The number of esters is 1. The number of carbonyl (C=O) groups excluding carboxylic acids is 1. The van der Waals surface area contributed by atoms with E-state index < -0.39 is 0 Å². The zero-order chi connectivity index (χ0) is 9.03. The van der Waals surface area contributed by atoms with E-state index in [4.69, 9.17) is 4.74 Å². The Morgan fingerprint density at radius 3 is 2.46 bits per heavy atom. The molecule has 1 aliphatic heterocycles. The lowest BCUT2D eigenvalue weighted by molar-refractivity contribution is -0.155. The van der Waals surface area contributed by atoms with Gasteiger partial charge in [0, 0.05) is 0 Å². The summed E-state index contributed by atoms with van der Waals surface area (Å²) in [6, 6.07) is 0. The van der Waals surface area contributed by atoms with Crippen molar-refractivity contribution in [1.29, 1.82) is 0 Å². The zero-order valence-corrected chi connectivity index (χ0v) is 9.08. The van der Waals surface area contributed by atoms with Crippen molar-refractivity contribution in [3.63, 3.8) is 0 Å². The highest BCUT2D eigenvalue weighted by Gasteiger charge is 2.35. The highest BCUT2D eigenvalue weighted by molar-refractivity contribution is 5.85. The van der Waals surface area contributed by atoms with Crippen molar-refractivity contribution in [2.24, 2.45) is 5.41 Å². The van der Waals surface area contributed by atoms with Crippen LogP contribution < -0.4 is 5.32 Å². The monoisotopic (exact) mass is 207 g/mol. The molecule has 1 N–H and O–H groups in total. The molecular formula is C9H18ClNO2. The van der Waals surface area contributed by atoms with Crippen LogP contribution in [0.4, 0.5) is 0 Å². The van der Waals surface area contributed by atoms with Crippen LogP contribution in [-0.2, 0) is 9.53 Å². The van der Waals surface area contributed by atoms with Gasteiger partial charge in [0.15, 0.2) is 0 Å². The molecule has 0 aliphatic carbocycles. The van der Waals surface area contributed by atoms with Crippen molar-refractivity contribution in [1.82, 2.24) is 5.32 Å². The Balaban J connectivity index is 0.00000144. The van der Waals surface area contributed by atoms with Crippen LogP contribution in [0.25, 0.3) is 0 Å². The number of ether oxygens (including phenoxy) is 1. The van der Waals surface area contributed by atoms with E-state index in [1.54, 1.807) is 0 Å². The third-order valence-corrected chi connectivity index (χ3v) is 2.48. The highest BCUT2D eigenvalue weighted by Crippen LogP contribution is 2.29. The minimum atomic E-state index is -0.235. The predicted octanol–water partition coefficient (Wildman–Crippen LogP) is 1.36. The maximum absolute atomic E-state index is 11.5. The Morgan fingerprint density at radius 1 is 1.46 bits per heavy atom. The van der Waals surface area contributed by atoms with Crippen LogP contribution >= 0.6 is 12.4 Å². The second-order valence-electron chi connectivity index (χ2n) is 3.53. The van der Waals surface area contributed by atoms with E-state index in [0.717, 1.165) is 25.9 Å². The van der Waals surface area contributed by atoms with Crippen LogP contribution in [-0.4, -0.2) is 25.7 Å². The van der Waals surface area contributed by atoms with Crippen molar-refractivity contribution < 1.29 is 9.53 Å². The molecule has 0 saturated carbocycles. The molecule has 1 heterocycles. The molecule has 3 nitrogen and oxygen atoms in total. The van der Waals surface area contributed by atoms with Gasteiger partial charge in [0.2, 0.25) is 0 Å². The van der Waals surface area contributed by atoms with Crippen LogP contribution in [0.1, 0.15) is 26.7 Å². The molecule has 0 amide bonds. The van der Waals surface area contributed by atoms with Crippen LogP contribution in [0.3, 0.4) is 0 Å². The first-order chi connectivity index (χ1) is 5.69. The van der Waals surface area contributed by atoms with Gasteiger partial charge in [-0.25, -0.2) is 0 Å². The predicted molar refractivity (Wildman–Crippen MR) is 54.1 cm³/mol. The summed E-state index contributed by atoms with van der Waals surface area (Å²) in [5, 5.41) is 3.23. The molecule has 0 atom stereocenters. The van der Waals surface area contributed by atoms with Gasteiger partial charge in [-0.2, -0.15) is 0 Å². The maximum atomic E-state index is 11.5. The van der Waals surface area contributed by atoms with Gasteiger partial charge in [-0.3, -0.25) is 4.79 Å². The van der Waals surface area contributed by atoms with Gasteiger partial charge in [0.05, 0.1) is 12.0 Å². The Morgan fingerprint density at radius 2 is 2.00 bits per heavy atom. The van der Waals surface area contributed by atoms with Crippen LogP contribution in [0.5, 0.6) is 0 Å². The number of hydrogen-bond acceptors (Lipinski definition) is 3. The summed E-state index contributed by atoms with van der Waals surface area (Å²) < 4.78 is 5.02. The Hall–Kier alpha value is -0.280. The number of halogens is 1. The first-order valence-electron chi connectivity index (χ1n) is 4.57. The molecule has 0 aromatic carbocycles. The van der Waals surface area contributed by atoms with Gasteiger partial charge in [0.25, 0.3) is 0 Å². The summed E-state index contributed by atoms with van der Waals surface area (Å²) in [5.74, 6) is -0.0356.